The van der Waals surface area contributed by atoms with E-state index in [0.717, 1.165) is 35.2 Å². The number of imide groups is 1. The van der Waals surface area contributed by atoms with E-state index in [-0.39, 0.29) is 20.8 Å². The van der Waals surface area contributed by atoms with E-state index in [1.807, 2.05) is 0 Å². The van der Waals surface area contributed by atoms with Gasteiger partial charge in [-0.1, -0.05) is 58.4 Å². The fourth-order valence-electron chi connectivity index (χ4n) is 5.09. The molecule has 42 heavy (non-hydrogen) atoms. The molecular weight excluding hydrogens is 638 g/mol. The lowest BCUT2D eigenvalue weighted by Crippen LogP contribution is -2.33. The molecule has 3 atom stereocenters. The first-order valence-corrected chi connectivity index (χ1v) is 14.6. The van der Waals surface area contributed by atoms with Gasteiger partial charge in [0.2, 0.25) is 17.7 Å². The minimum atomic E-state index is -4.82. The number of hydrogen-bond acceptors (Lipinski definition) is 7. The molecule has 2 aliphatic rings. The van der Waals surface area contributed by atoms with Gasteiger partial charge in [0.25, 0.3) is 0 Å². The van der Waals surface area contributed by atoms with Crippen LogP contribution in [0.15, 0.2) is 75.1 Å². The molecule has 0 radical (unpaired) electrons. The van der Waals surface area contributed by atoms with Crippen molar-refractivity contribution >= 4 is 75.4 Å². The van der Waals surface area contributed by atoms with Crippen LogP contribution in [0.2, 0.25) is 10.0 Å². The van der Waals surface area contributed by atoms with Gasteiger partial charge in [-0.2, -0.15) is 13.2 Å². The minimum Gasteiger partial charge on any atom is -0.469 e. The number of carbonyl (C=O) groups excluding carboxylic acids is 3. The molecule has 2 aromatic heterocycles. The van der Waals surface area contributed by atoms with Crippen molar-refractivity contribution in [2.45, 2.75) is 28.9 Å². The number of fused-ring (bicyclic) bond motifs is 2. The summed E-state index contributed by atoms with van der Waals surface area (Å²) < 4.78 is 48.3. The first kappa shape index (κ1) is 28.6. The summed E-state index contributed by atoms with van der Waals surface area (Å²) in [6.07, 6.45) is -3.46. The smallest absolute Gasteiger partial charge is 0.418 e. The van der Waals surface area contributed by atoms with E-state index in [1.54, 1.807) is 12.1 Å². The number of nitrogens with one attached hydrogen (secondary N) is 1. The third-order valence-electron chi connectivity index (χ3n) is 6.85. The van der Waals surface area contributed by atoms with Crippen LogP contribution in [-0.4, -0.2) is 27.5 Å². The Labute approximate surface area is 253 Å². The predicted molar refractivity (Wildman–Crippen MR) is 151 cm³/mol. The quantitative estimate of drug-likeness (QED) is 0.255. The van der Waals surface area contributed by atoms with Crippen LogP contribution in [0, 0.1) is 5.92 Å². The Morgan fingerprint density at radius 3 is 2.45 bits per heavy atom. The van der Waals surface area contributed by atoms with Gasteiger partial charge in [0, 0.05) is 5.69 Å². The Bertz CT molecular complexity index is 1800. The maximum Gasteiger partial charge on any atom is 0.418 e. The number of anilines is 2. The van der Waals surface area contributed by atoms with Gasteiger partial charge < -0.3 is 9.73 Å². The lowest BCUT2D eigenvalue weighted by Gasteiger charge is -2.29. The van der Waals surface area contributed by atoms with Gasteiger partial charge in [-0.25, -0.2) is 4.90 Å². The molecule has 8 nitrogen and oxygen atoms in total. The number of alkyl halides is 3. The molecule has 1 fully saturated rings. The van der Waals surface area contributed by atoms with Crippen molar-refractivity contribution in [3.8, 4) is 0 Å². The van der Waals surface area contributed by atoms with E-state index in [2.05, 4.69) is 5.32 Å². The number of nitrogens with zero attached hydrogens (tertiary/aromatic N) is 2. The summed E-state index contributed by atoms with van der Waals surface area (Å²) in [6, 6.07) is 11.9. The molecule has 1 N–H and O–H groups in total. The van der Waals surface area contributed by atoms with Crippen molar-refractivity contribution in [2.24, 2.45) is 5.92 Å². The Balaban J connectivity index is 1.39. The van der Waals surface area contributed by atoms with Gasteiger partial charge in [-0.15, -0.1) is 0 Å². The highest BCUT2D eigenvalue weighted by Crippen LogP contribution is 2.54. The van der Waals surface area contributed by atoms with Gasteiger partial charge in [0.1, 0.15) is 17.6 Å². The highest BCUT2D eigenvalue weighted by atomic mass is 35.5. The molecule has 0 saturated carbocycles. The second-order valence-corrected chi connectivity index (χ2v) is 12.3. The molecule has 3 amide bonds. The lowest BCUT2D eigenvalue weighted by molar-refractivity contribution is -0.137. The number of para-hydroxylation sites is 1. The van der Waals surface area contributed by atoms with Gasteiger partial charge in [-0.3, -0.25) is 23.7 Å². The second-order valence-electron chi connectivity index (χ2n) is 9.38. The highest BCUT2D eigenvalue weighted by Gasteiger charge is 2.58. The highest BCUT2D eigenvalue weighted by molar-refractivity contribution is 8.00. The lowest BCUT2D eigenvalue weighted by atomic mass is 9.86. The van der Waals surface area contributed by atoms with Crippen LogP contribution in [-0.2, 0) is 27.1 Å². The Kier molecular flexibility index (Phi) is 7.24. The van der Waals surface area contributed by atoms with Crippen molar-refractivity contribution in [3.05, 3.63) is 96.8 Å². The summed E-state index contributed by atoms with van der Waals surface area (Å²) in [5, 5.41) is 2.20. The molecule has 1 saturated heterocycles. The average molecular weight is 654 g/mol. The van der Waals surface area contributed by atoms with Crippen LogP contribution < -0.4 is 15.1 Å². The maximum atomic E-state index is 13.9. The van der Waals surface area contributed by atoms with Crippen LogP contribution in [0.25, 0.3) is 0 Å². The number of thioether (sulfide) groups is 1. The number of thiazole rings is 1. The number of halogens is 5. The molecule has 2 aliphatic heterocycles. The number of aromatic nitrogens is 1. The zero-order valence-electron chi connectivity index (χ0n) is 20.9. The molecule has 2 aromatic carbocycles. The number of hydrogen-bond donors (Lipinski definition) is 1. The molecule has 0 bridgehead atoms. The Morgan fingerprint density at radius 1 is 1.00 bits per heavy atom. The second kappa shape index (κ2) is 10.6. The molecule has 0 aliphatic carbocycles. The van der Waals surface area contributed by atoms with Crippen molar-refractivity contribution in [1.29, 1.82) is 0 Å². The van der Waals surface area contributed by atoms with Crippen molar-refractivity contribution < 1.29 is 32.0 Å². The number of benzene rings is 2. The van der Waals surface area contributed by atoms with E-state index in [1.165, 1.54) is 41.2 Å². The van der Waals surface area contributed by atoms with Gasteiger partial charge in [0.15, 0.2) is 0 Å². The standard InChI is InChI=1S/C27H16Cl2F3N3O5S2/c28-14-8-7-12(10-15(14)29)33-18(36)11-34-25-22(42-26(34)39)19(17-6-3-9-40-17)20-21(41-25)24(38)35(23(20)37)16-5-2-1-4-13(16)27(30,31)32/h1-10,19-21H,11H2,(H,33,36). The first-order valence-electron chi connectivity index (χ1n) is 12.2. The van der Waals surface area contributed by atoms with Crippen LogP contribution in [0.4, 0.5) is 24.5 Å². The predicted octanol–water partition coefficient (Wildman–Crippen LogP) is 6.26. The molecule has 15 heteroatoms. The molecule has 3 unspecified atom stereocenters. The van der Waals surface area contributed by atoms with Crippen LogP contribution in [0.1, 0.15) is 22.1 Å². The van der Waals surface area contributed by atoms with Crippen LogP contribution >= 0.6 is 46.3 Å². The zero-order valence-corrected chi connectivity index (χ0v) is 24.0. The maximum absolute atomic E-state index is 13.9. The van der Waals surface area contributed by atoms with Crippen molar-refractivity contribution in [3.63, 3.8) is 0 Å². The van der Waals surface area contributed by atoms with E-state index in [9.17, 15) is 32.3 Å². The van der Waals surface area contributed by atoms with E-state index in [4.69, 9.17) is 27.6 Å². The minimum absolute atomic E-state index is 0.212. The molecule has 4 aromatic rings. The fourth-order valence-corrected chi connectivity index (χ4v) is 8.15. The molecular formula is C27H16Cl2F3N3O5S2. The first-order chi connectivity index (χ1) is 20.0. The summed E-state index contributed by atoms with van der Waals surface area (Å²) in [5.41, 5.74) is -1.37. The average Bonchev–Trinajstić information content (AvgIpc) is 3.63. The normalized spacial score (nSPS) is 20.0. The summed E-state index contributed by atoms with van der Waals surface area (Å²) in [4.78, 5) is 54.0. The van der Waals surface area contributed by atoms with Gasteiger partial charge in [0.05, 0.1) is 49.3 Å². The van der Waals surface area contributed by atoms with Crippen LogP contribution in [0.3, 0.4) is 0 Å². The summed E-state index contributed by atoms with van der Waals surface area (Å²) in [7, 11) is 0. The number of furan rings is 1. The number of rotatable bonds is 5. The van der Waals surface area contributed by atoms with Crippen molar-refractivity contribution in [1.82, 2.24) is 4.57 Å². The topological polar surface area (TPSA) is 102 Å². The molecule has 0 spiro atoms. The van der Waals surface area contributed by atoms with E-state index in [0.29, 0.717) is 15.5 Å². The molecule has 4 heterocycles. The Morgan fingerprint density at radius 2 is 1.76 bits per heavy atom. The number of amides is 3. The molecule has 216 valence electrons. The van der Waals surface area contributed by atoms with Crippen LogP contribution in [0.5, 0.6) is 0 Å². The van der Waals surface area contributed by atoms with Crippen molar-refractivity contribution in [2.75, 3.05) is 10.2 Å². The largest absolute Gasteiger partial charge is 0.469 e. The molecule has 6 rings (SSSR count). The third kappa shape index (κ3) is 4.83. The third-order valence-corrected chi connectivity index (χ3v) is 10.2. The van der Waals surface area contributed by atoms with Gasteiger partial charge >= 0.3 is 11.0 Å². The summed E-state index contributed by atoms with van der Waals surface area (Å²) in [5.74, 6) is -4.13. The zero-order chi connectivity index (χ0) is 29.9. The SMILES string of the molecule is O=C(Cn1c2c(sc1=O)C(c1ccco1)C1C(=O)N(c3ccccc3C(F)(F)F)C(=O)C1S2)Nc1ccc(Cl)c(Cl)c1. The monoisotopic (exact) mass is 653 g/mol. The summed E-state index contributed by atoms with van der Waals surface area (Å²) in [6.45, 7) is -0.442. The van der Waals surface area contributed by atoms with E-state index < -0.39 is 63.7 Å². The Hall–Kier alpha value is -3.52. The van der Waals surface area contributed by atoms with E-state index >= 15 is 0 Å². The van der Waals surface area contributed by atoms with Gasteiger partial charge in [-0.05, 0) is 42.5 Å². The fraction of sp³-hybridized carbons (Fsp3) is 0.185. The number of carbonyl (C=O) groups is 3. The summed E-state index contributed by atoms with van der Waals surface area (Å²) >= 11 is 13.6.